The van der Waals surface area contributed by atoms with E-state index in [1.165, 1.54) is 0 Å². The summed E-state index contributed by atoms with van der Waals surface area (Å²) in [7, 11) is 0. The molecule has 3 heterocycles. The minimum atomic E-state index is 0.686. The van der Waals surface area contributed by atoms with E-state index < -0.39 is 0 Å². The molecule has 3 aromatic rings. The van der Waals surface area contributed by atoms with E-state index in [2.05, 4.69) is 37.0 Å². The Morgan fingerprint density at radius 2 is 1.92 bits per heavy atom. The maximum Gasteiger partial charge on any atom is 0.232 e. The zero-order valence-corrected chi connectivity index (χ0v) is 14.8. The number of nitrogens with zero attached hydrogens (tertiary/aromatic N) is 5. The van der Waals surface area contributed by atoms with Crippen LogP contribution in [0.5, 0.6) is 0 Å². The van der Waals surface area contributed by atoms with Crippen LogP contribution in [-0.4, -0.2) is 46.2 Å². The van der Waals surface area contributed by atoms with Gasteiger partial charge in [-0.05, 0) is 19.1 Å². The minimum absolute atomic E-state index is 0.686. The van der Waals surface area contributed by atoms with Crippen LogP contribution in [0.15, 0.2) is 46.1 Å². The highest BCUT2D eigenvalue weighted by Gasteiger charge is 2.21. The number of aryl methyl sites for hydroxylation is 1. The van der Waals surface area contributed by atoms with Crippen molar-refractivity contribution in [1.29, 1.82) is 0 Å². The van der Waals surface area contributed by atoms with E-state index in [4.69, 9.17) is 9.26 Å². The van der Waals surface area contributed by atoms with Crippen LogP contribution < -0.4 is 4.90 Å². The van der Waals surface area contributed by atoms with Crippen molar-refractivity contribution in [2.24, 2.45) is 0 Å². The fraction of sp³-hybridized carbons (Fsp3) is 0.353. The lowest BCUT2D eigenvalue weighted by Crippen LogP contribution is -2.37. The van der Waals surface area contributed by atoms with Gasteiger partial charge >= 0.3 is 0 Å². The highest BCUT2D eigenvalue weighted by molar-refractivity contribution is 7.98. The molecule has 0 N–H and O–H groups in total. The molecular formula is C17H19N5O2S. The van der Waals surface area contributed by atoms with Gasteiger partial charge in [-0.2, -0.15) is 0 Å². The molecule has 0 bridgehead atoms. The van der Waals surface area contributed by atoms with Crippen molar-refractivity contribution in [3.05, 3.63) is 47.9 Å². The summed E-state index contributed by atoms with van der Waals surface area (Å²) in [6, 6.07) is 12.1. The lowest BCUT2D eigenvalue weighted by atomic mass is 10.3. The van der Waals surface area contributed by atoms with E-state index in [9.17, 15) is 0 Å². The molecule has 1 saturated heterocycles. The van der Waals surface area contributed by atoms with Crippen molar-refractivity contribution < 1.29 is 9.26 Å². The zero-order valence-electron chi connectivity index (χ0n) is 14.0. The highest BCUT2D eigenvalue weighted by Crippen LogP contribution is 2.29. The Labute approximate surface area is 150 Å². The predicted molar refractivity (Wildman–Crippen MR) is 95.2 cm³/mol. The van der Waals surface area contributed by atoms with Crippen molar-refractivity contribution in [3.8, 4) is 5.69 Å². The Kier molecular flexibility index (Phi) is 4.71. The molecule has 1 aliphatic heterocycles. The number of morpholine rings is 1. The second-order valence-electron chi connectivity index (χ2n) is 5.77. The van der Waals surface area contributed by atoms with Gasteiger partial charge in [0.2, 0.25) is 5.95 Å². The Bertz CT molecular complexity index is 827. The number of rotatable bonds is 5. The first-order valence-corrected chi connectivity index (χ1v) is 9.18. The molecular weight excluding hydrogens is 338 g/mol. The molecule has 25 heavy (non-hydrogen) atoms. The number of aromatic nitrogens is 4. The van der Waals surface area contributed by atoms with E-state index in [1.54, 1.807) is 11.8 Å². The lowest BCUT2D eigenvalue weighted by Gasteiger charge is -2.27. The molecule has 0 saturated carbocycles. The van der Waals surface area contributed by atoms with E-state index in [-0.39, 0.29) is 0 Å². The molecule has 0 aliphatic carbocycles. The van der Waals surface area contributed by atoms with Gasteiger partial charge in [0, 0.05) is 24.9 Å². The third-order valence-electron chi connectivity index (χ3n) is 3.95. The summed E-state index contributed by atoms with van der Waals surface area (Å²) in [6.07, 6.45) is 0. The zero-order chi connectivity index (χ0) is 17.1. The highest BCUT2D eigenvalue weighted by atomic mass is 32.2. The molecule has 130 valence electrons. The number of anilines is 1. The quantitative estimate of drug-likeness (QED) is 0.650. The Morgan fingerprint density at radius 1 is 1.12 bits per heavy atom. The number of ether oxygens (including phenoxy) is 1. The van der Waals surface area contributed by atoms with Crippen molar-refractivity contribution in [2.75, 3.05) is 31.2 Å². The Balaban J connectivity index is 1.64. The maximum atomic E-state index is 5.46. The van der Waals surface area contributed by atoms with Gasteiger partial charge in [-0.25, -0.2) is 0 Å². The monoisotopic (exact) mass is 357 g/mol. The first kappa shape index (κ1) is 16.2. The first-order valence-electron chi connectivity index (χ1n) is 8.20. The van der Waals surface area contributed by atoms with E-state index >= 15 is 0 Å². The first-order chi connectivity index (χ1) is 12.3. The SMILES string of the molecule is Cc1cc(CSc2nnc(N3CCOCC3)n2-c2ccccc2)no1. The predicted octanol–water partition coefficient (Wildman–Crippen LogP) is 2.69. The van der Waals surface area contributed by atoms with Gasteiger partial charge in [0.1, 0.15) is 5.76 Å². The van der Waals surface area contributed by atoms with Gasteiger partial charge in [-0.1, -0.05) is 35.1 Å². The summed E-state index contributed by atoms with van der Waals surface area (Å²) < 4.78 is 12.7. The van der Waals surface area contributed by atoms with Gasteiger partial charge in [-0.3, -0.25) is 4.57 Å². The summed E-state index contributed by atoms with van der Waals surface area (Å²) in [5.41, 5.74) is 1.95. The maximum absolute atomic E-state index is 5.46. The van der Waals surface area contributed by atoms with Crippen LogP contribution in [0.2, 0.25) is 0 Å². The molecule has 0 atom stereocenters. The van der Waals surface area contributed by atoms with Crippen molar-refractivity contribution in [2.45, 2.75) is 17.8 Å². The number of thioether (sulfide) groups is 1. The summed E-state index contributed by atoms with van der Waals surface area (Å²) >= 11 is 1.60. The summed E-state index contributed by atoms with van der Waals surface area (Å²) in [4.78, 5) is 2.22. The second-order valence-corrected chi connectivity index (χ2v) is 6.71. The fourth-order valence-electron chi connectivity index (χ4n) is 2.75. The summed E-state index contributed by atoms with van der Waals surface area (Å²) in [5, 5.41) is 13.8. The van der Waals surface area contributed by atoms with Crippen molar-refractivity contribution >= 4 is 17.7 Å². The molecule has 7 nitrogen and oxygen atoms in total. The molecule has 1 aliphatic rings. The largest absolute Gasteiger partial charge is 0.378 e. The molecule has 2 aromatic heterocycles. The van der Waals surface area contributed by atoms with Crippen LogP contribution in [-0.2, 0) is 10.5 Å². The van der Waals surface area contributed by atoms with E-state index in [0.717, 1.165) is 41.3 Å². The van der Waals surface area contributed by atoms with Gasteiger partial charge in [0.05, 0.1) is 24.6 Å². The third kappa shape index (κ3) is 3.54. The normalized spacial score (nSPS) is 14.8. The van der Waals surface area contributed by atoms with Gasteiger partial charge in [0.15, 0.2) is 5.16 Å². The number of hydrogen-bond donors (Lipinski definition) is 0. The lowest BCUT2D eigenvalue weighted by molar-refractivity contribution is 0.122. The van der Waals surface area contributed by atoms with Crippen molar-refractivity contribution in [3.63, 3.8) is 0 Å². The molecule has 1 aromatic carbocycles. The molecule has 0 radical (unpaired) electrons. The Morgan fingerprint density at radius 3 is 2.64 bits per heavy atom. The summed E-state index contributed by atoms with van der Waals surface area (Å²) in [5.74, 6) is 2.35. The number of para-hydroxylation sites is 1. The molecule has 0 unspecified atom stereocenters. The smallest absolute Gasteiger partial charge is 0.232 e. The fourth-order valence-corrected chi connectivity index (χ4v) is 3.58. The standard InChI is InChI=1S/C17H19N5O2S/c1-13-11-14(20-24-13)12-25-17-19-18-16(21-7-9-23-10-8-21)22(17)15-5-3-2-4-6-15/h2-6,11H,7-10,12H2,1H3. The minimum Gasteiger partial charge on any atom is -0.378 e. The Hall–Kier alpha value is -2.32. The number of benzene rings is 1. The van der Waals surface area contributed by atoms with E-state index in [1.807, 2.05) is 31.2 Å². The average Bonchev–Trinajstić information content (AvgIpc) is 3.27. The topological polar surface area (TPSA) is 69.2 Å². The molecule has 8 heteroatoms. The van der Waals surface area contributed by atoms with E-state index in [0.29, 0.717) is 19.0 Å². The van der Waals surface area contributed by atoms with Gasteiger partial charge in [0.25, 0.3) is 0 Å². The van der Waals surface area contributed by atoms with Crippen LogP contribution in [0.4, 0.5) is 5.95 Å². The third-order valence-corrected chi connectivity index (χ3v) is 4.91. The molecule has 1 fully saturated rings. The van der Waals surface area contributed by atoms with Gasteiger partial charge < -0.3 is 14.2 Å². The molecule has 0 spiro atoms. The average molecular weight is 357 g/mol. The summed E-state index contributed by atoms with van der Waals surface area (Å²) in [6.45, 7) is 4.95. The number of hydrogen-bond acceptors (Lipinski definition) is 7. The molecule has 0 amide bonds. The van der Waals surface area contributed by atoms with Crippen LogP contribution in [0.3, 0.4) is 0 Å². The van der Waals surface area contributed by atoms with Crippen LogP contribution in [0, 0.1) is 6.92 Å². The van der Waals surface area contributed by atoms with Crippen molar-refractivity contribution in [1.82, 2.24) is 19.9 Å². The van der Waals surface area contributed by atoms with Gasteiger partial charge in [-0.15, -0.1) is 10.2 Å². The van der Waals surface area contributed by atoms with Crippen LogP contribution in [0.25, 0.3) is 5.69 Å². The van der Waals surface area contributed by atoms with Crippen LogP contribution >= 0.6 is 11.8 Å². The molecule has 4 rings (SSSR count). The van der Waals surface area contributed by atoms with Crippen LogP contribution in [0.1, 0.15) is 11.5 Å². The second kappa shape index (κ2) is 7.28.